The molecular weight excluding hydrogens is 202 g/mol. The van der Waals surface area contributed by atoms with Gasteiger partial charge >= 0.3 is 0 Å². The Balaban J connectivity index is 2.67. The number of rotatable bonds is 3. The van der Waals surface area contributed by atoms with Crippen molar-refractivity contribution in [2.75, 3.05) is 7.11 Å². The molecule has 1 aliphatic rings. The van der Waals surface area contributed by atoms with E-state index in [4.69, 9.17) is 9.47 Å². The third-order valence-electron chi connectivity index (χ3n) is 2.29. The number of aliphatic hydroxyl groups is 1. The molecule has 1 aliphatic heterocycles. The van der Waals surface area contributed by atoms with Gasteiger partial charge in [-0.2, -0.15) is 0 Å². The van der Waals surface area contributed by atoms with Crippen LogP contribution in [-0.4, -0.2) is 48.9 Å². The number of nitrogens with one attached hydrogen (secondary N) is 1. The Labute approximate surface area is 87.5 Å². The Kier molecular flexibility index (Phi) is 4.19. The van der Waals surface area contributed by atoms with Gasteiger partial charge in [0.25, 0.3) is 0 Å². The fourth-order valence-corrected chi connectivity index (χ4v) is 1.56. The summed E-state index contributed by atoms with van der Waals surface area (Å²) in [4.78, 5) is 21.5. The highest BCUT2D eigenvalue weighted by molar-refractivity contribution is 5.73. The van der Waals surface area contributed by atoms with Gasteiger partial charge in [0.15, 0.2) is 12.6 Å². The molecule has 1 amide bonds. The van der Waals surface area contributed by atoms with Crippen LogP contribution in [0.5, 0.6) is 0 Å². The van der Waals surface area contributed by atoms with Crippen molar-refractivity contribution in [1.29, 1.82) is 0 Å². The van der Waals surface area contributed by atoms with Gasteiger partial charge in [-0.15, -0.1) is 0 Å². The van der Waals surface area contributed by atoms with Crippen molar-refractivity contribution in [2.24, 2.45) is 0 Å². The number of carbonyl (C=O) groups excluding carboxylic acids is 2. The molecule has 1 heterocycles. The molecule has 1 saturated heterocycles. The molecule has 15 heavy (non-hydrogen) atoms. The average Bonchev–Trinajstić information content (AvgIpc) is 2.20. The van der Waals surface area contributed by atoms with Crippen LogP contribution >= 0.6 is 0 Å². The number of methoxy groups -OCH3 is 1. The number of hydrogen-bond donors (Lipinski definition) is 2. The molecule has 0 bridgehead atoms. The minimum atomic E-state index is -1.03. The summed E-state index contributed by atoms with van der Waals surface area (Å²) in [6.07, 6.45) is -1.74. The fraction of sp³-hybridized carbons (Fsp3) is 0.778. The quantitative estimate of drug-likeness (QED) is 0.581. The maximum atomic E-state index is 10.9. The third-order valence-corrected chi connectivity index (χ3v) is 2.29. The van der Waals surface area contributed by atoms with E-state index in [1.54, 1.807) is 0 Å². The van der Waals surface area contributed by atoms with Crippen LogP contribution in [0, 0.1) is 0 Å². The lowest BCUT2D eigenvalue weighted by atomic mass is 9.99. The van der Waals surface area contributed by atoms with Crippen LogP contribution in [0.4, 0.5) is 0 Å². The molecule has 4 unspecified atom stereocenters. The number of hydrogen-bond acceptors (Lipinski definition) is 5. The molecule has 0 aliphatic carbocycles. The highest BCUT2D eigenvalue weighted by Crippen LogP contribution is 2.19. The zero-order valence-electron chi connectivity index (χ0n) is 8.67. The van der Waals surface area contributed by atoms with Crippen LogP contribution in [0.3, 0.4) is 0 Å². The van der Waals surface area contributed by atoms with Gasteiger partial charge < -0.3 is 24.7 Å². The maximum absolute atomic E-state index is 10.9. The highest BCUT2D eigenvalue weighted by atomic mass is 16.7. The van der Waals surface area contributed by atoms with Gasteiger partial charge in [-0.3, -0.25) is 4.79 Å². The molecule has 2 N–H and O–H groups in total. The molecule has 0 aromatic heterocycles. The van der Waals surface area contributed by atoms with Gasteiger partial charge in [-0.05, 0) is 0 Å². The number of amides is 1. The predicted octanol–water partition coefficient (Wildman–Crippen LogP) is -1.19. The van der Waals surface area contributed by atoms with E-state index in [1.165, 1.54) is 14.0 Å². The molecule has 1 rings (SSSR count). The third kappa shape index (κ3) is 2.98. The van der Waals surface area contributed by atoms with Crippen molar-refractivity contribution < 1.29 is 24.2 Å². The van der Waals surface area contributed by atoms with E-state index in [1.807, 2.05) is 0 Å². The molecule has 1 fully saturated rings. The number of ether oxygens (including phenoxy) is 2. The zero-order valence-corrected chi connectivity index (χ0v) is 8.67. The van der Waals surface area contributed by atoms with Crippen LogP contribution in [0.15, 0.2) is 0 Å². The van der Waals surface area contributed by atoms with E-state index in [0.29, 0.717) is 12.7 Å². The first kappa shape index (κ1) is 12.1. The Morgan fingerprint density at radius 1 is 1.67 bits per heavy atom. The van der Waals surface area contributed by atoms with Crippen molar-refractivity contribution in [1.82, 2.24) is 5.32 Å². The second-order valence-corrected chi connectivity index (χ2v) is 3.44. The average molecular weight is 217 g/mol. The summed E-state index contributed by atoms with van der Waals surface area (Å²) < 4.78 is 10.1. The van der Waals surface area contributed by atoms with Crippen LogP contribution in [0.2, 0.25) is 0 Å². The van der Waals surface area contributed by atoms with Crippen molar-refractivity contribution in [3.63, 3.8) is 0 Å². The Morgan fingerprint density at radius 2 is 2.33 bits per heavy atom. The van der Waals surface area contributed by atoms with Gasteiger partial charge in [0.05, 0.1) is 6.04 Å². The maximum Gasteiger partial charge on any atom is 0.217 e. The van der Waals surface area contributed by atoms with Gasteiger partial charge in [0.2, 0.25) is 5.91 Å². The second kappa shape index (κ2) is 5.20. The SMILES string of the molecule is COC1CC(NC(C)=O)C(O)C(C=O)O1. The number of aliphatic hydroxyl groups excluding tert-OH is 1. The molecule has 6 nitrogen and oxygen atoms in total. The Morgan fingerprint density at radius 3 is 2.80 bits per heavy atom. The minimum absolute atomic E-state index is 0.263. The smallest absolute Gasteiger partial charge is 0.217 e. The van der Waals surface area contributed by atoms with Crippen LogP contribution < -0.4 is 5.32 Å². The molecule has 0 radical (unpaired) electrons. The Bertz CT molecular complexity index is 245. The highest BCUT2D eigenvalue weighted by Gasteiger charge is 2.38. The second-order valence-electron chi connectivity index (χ2n) is 3.44. The van der Waals surface area contributed by atoms with E-state index < -0.39 is 24.5 Å². The molecule has 86 valence electrons. The first-order valence-electron chi connectivity index (χ1n) is 4.67. The summed E-state index contributed by atoms with van der Waals surface area (Å²) in [5.41, 5.74) is 0. The minimum Gasteiger partial charge on any atom is -0.388 e. The first-order chi connectivity index (χ1) is 7.08. The number of carbonyl (C=O) groups is 2. The molecule has 0 aromatic carbocycles. The normalized spacial score (nSPS) is 35.9. The molecule has 0 spiro atoms. The summed E-state index contributed by atoms with van der Waals surface area (Å²) in [5.74, 6) is -0.263. The van der Waals surface area contributed by atoms with Crippen LogP contribution in [0.1, 0.15) is 13.3 Å². The number of aldehydes is 1. The molecule has 0 saturated carbocycles. The Hall–Kier alpha value is -0.980. The fourth-order valence-electron chi connectivity index (χ4n) is 1.56. The van der Waals surface area contributed by atoms with Crippen molar-refractivity contribution in [3.05, 3.63) is 0 Å². The summed E-state index contributed by atoms with van der Waals surface area (Å²) in [5, 5.41) is 12.2. The van der Waals surface area contributed by atoms with Crippen molar-refractivity contribution in [2.45, 2.75) is 37.9 Å². The van der Waals surface area contributed by atoms with Crippen LogP contribution in [-0.2, 0) is 19.1 Å². The van der Waals surface area contributed by atoms with E-state index >= 15 is 0 Å². The topological polar surface area (TPSA) is 84.9 Å². The lowest BCUT2D eigenvalue weighted by Gasteiger charge is -2.36. The van der Waals surface area contributed by atoms with Crippen molar-refractivity contribution in [3.8, 4) is 0 Å². The van der Waals surface area contributed by atoms with E-state index in [-0.39, 0.29) is 5.91 Å². The van der Waals surface area contributed by atoms with Gasteiger partial charge in [0, 0.05) is 20.5 Å². The first-order valence-corrected chi connectivity index (χ1v) is 4.67. The van der Waals surface area contributed by atoms with Crippen LogP contribution in [0.25, 0.3) is 0 Å². The summed E-state index contributed by atoms with van der Waals surface area (Å²) in [6.45, 7) is 1.35. The van der Waals surface area contributed by atoms with E-state index in [9.17, 15) is 14.7 Å². The summed E-state index contributed by atoms with van der Waals surface area (Å²) in [7, 11) is 1.44. The van der Waals surface area contributed by atoms with Crippen molar-refractivity contribution >= 4 is 12.2 Å². The predicted molar refractivity (Wildman–Crippen MR) is 50.0 cm³/mol. The molecule has 6 heteroatoms. The zero-order chi connectivity index (χ0) is 11.4. The van der Waals surface area contributed by atoms with Gasteiger partial charge in [0.1, 0.15) is 12.2 Å². The van der Waals surface area contributed by atoms with E-state index in [0.717, 1.165) is 0 Å². The van der Waals surface area contributed by atoms with Gasteiger partial charge in [-0.25, -0.2) is 0 Å². The standard InChI is InChI=1S/C9H15NO5/c1-5(12)10-6-3-8(14-2)15-7(4-11)9(6)13/h4,6-9,13H,3H2,1-2H3,(H,10,12). The molecule has 0 aromatic rings. The summed E-state index contributed by atoms with van der Waals surface area (Å²) in [6, 6.07) is -0.517. The van der Waals surface area contributed by atoms with E-state index in [2.05, 4.69) is 5.32 Å². The lowest BCUT2D eigenvalue weighted by Crippen LogP contribution is -2.56. The van der Waals surface area contributed by atoms with Gasteiger partial charge in [-0.1, -0.05) is 0 Å². The largest absolute Gasteiger partial charge is 0.388 e. The lowest BCUT2D eigenvalue weighted by molar-refractivity contribution is -0.213. The monoisotopic (exact) mass is 217 g/mol. The summed E-state index contributed by atoms with van der Waals surface area (Å²) >= 11 is 0. The molecule has 4 atom stereocenters. The molecular formula is C9H15NO5.